The van der Waals surface area contributed by atoms with Gasteiger partial charge in [-0.1, -0.05) is 6.07 Å². The summed E-state index contributed by atoms with van der Waals surface area (Å²) in [5, 5.41) is 2.72. The van der Waals surface area contributed by atoms with Crippen LogP contribution in [-0.2, 0) is 9.53 Å². The SMILES string of the molecule is COc1cccc(C(=O)OCC(=O)NCC2CC2)c1N. The van der Waals surface area contributed by atoms with Crippen LogP contribution in [0.25, 0.3) is 0 Å². The minimum absolute atomic E-state index is 0.194. The maximum atomic E-state index is 11.9. The van der Waals surface area contributed by atoms with Gasteiger partial charge in [0.25, 0.3) is 5.91 Å². The number of methoxy groups -OCH3 is 1. The number of para-hydroxylation sites is 1. The number of hydrogen-bond acceptors (Lipinski definition) is 5. The molecule has 6 heteroatoms. The van der Waals surface area contributed by atoms with Crippen molar-refractivity contribution in [1.82, 2.24) is 5.32 Å². The standard InChI is InChI=1S/C14H18N2O4/c1-19-11-4-2-3-10(13(11)15)14(18)20-8-12(17)16-7-9-5-6-9/h2-4,9H,5-8,15H2,1H3,(H,16,17). The van der Waals surface area contributed by atoms with Crippen molar-refractivity contribution in [3.63, 3.8) is 0 Å². The number of rotatable bonds is 6. The number of nitrogens with one attached hydrogen (secondary N) is 1. The van der Waals surface area contributed by atoms with Crippen LogP contribution < -0.4 is 15.8 Å². The van der Waals surface area contributed by atoms with Crippen LogP contribution in [0, 0.1) is 5.92 Å². The number of nitrogens with two attached hydrogens (primary N) is 1. The molecule has 1 aromatic carbocycles. The number of amides is 1. The minimum Gasteiger partial charge on any atom is -0.495 e. The van der Waals surface area contributed by atoms with Crippen molar-refractivity contribution in [3.8, 4) is 5.75 Å². The first-order chi connectivity index (χ1) is 9.61. The highest BCUT2D eigenvalue weighted by atomic mass is 16.5. The van der Waals surface area contributed by atoms with Gasteiger partial charge in [-0.15, -0.1) is 0 Å². The molecule has 108 valence electrons. The molecular weight excluding hydrogens is 260 g/mol. The molecule has 1 aromatic rings. The third-order valence-corrected chi connectivity index (χ3v) is 3.13. The van der Waals surface area contributed by atoms with Gasteiger partial charge in [0.2, 0.25) is 0 Å². The molecule has 1 aliphatic carbocycles. The highest BCUT2D eigenvalue weighted by Crippen LogP contribution is 2.27. The summed E-state index contributed by atoms with van der Waals surface area (Å²) in [6.45, 7) is 0.347. The monoisotopic (exact) mass is 278 g/mol. The topological polar surface area (TPSA) is 90.6 Å². The molecule has 0 unspecified atom stereocenters. The third kappa shape index (κ3) is 3.63. The smallest absolute Gasteiger partial charge is 0.340 e. The van der Waals surface area contributed by atoms with Crippen molar-refractivity contribution >= 4 is 17.6 Å². The average Bonchev–Trinajstić information content (AvgIpc) is 3.27. The Balaban J connectivity index is 1.86. The summed E-state index contributed by atoms with van der Waals surface area (Å²) in [6.07, 6.45) is 2.31. The lowest BCUT2D eigenvalue weighted by Crippen LogP contribution is -2.30. The van der Waals surface area contributed by atoms with Gasteiger partial charge in [-0.2, -0.15) is 0 Å². The summed E-state index contributed by atoms with van der Waals surface area (Å²) in [7, 11) is 1.46. The van der Waals surface area contributed by atoms with Gasteiger partial charge in [0.05, 0.1) is 18.4 Å². The third-order valence-electron chi connectivity index (χ3n) is 3.13. The van der Waals surface area contributed by atoms with Gasteiger partial charge >= 0.3 is 5.97 Å². The zero-order chi connectivity index (χ0) is 14.5. The molecule has 1 saturated carbocycles. The predicted molar refractivity (Wildman–Crippen MR) is 73.4 cm³/mol. The lowest BCUT2D eigenvalue weighted by molar-refractivity contribution is -0.124. The second-order valence-corrected chi connectivity index (χ2v) is 4.75. The van der Waals surface area contributed by atoms with Crippen molar-refractivity contribution in [2.75, 3.05) is 26.0 Å². The first-order valence-electron chi connectivity index (χ1n) is 6.48. The van der Waals surface area contributed by atoms with Crippen LogP contribution in [0.15, 0.2) is 18.2 Å². The van der Waals surface area contributed by atoms with Crippen LogP contribution in [0.2, 0.25) is 0 Å². The maximum Gasteiger partial charge on any atom is 0.340 e. The normalized spacial score (nSPS) is 13.7. The fourth-order valence-electron chi connectivity index (χ4n) is 1.74. The van der Waals surface area contributed by atoms with E-state index in [0.29, 0.717) is 18.2 Å². The first-order valence-corrected chi connectivity index (χ1v) is 6.48. The molecule has 0 aliphatic heterocycles. The van der Waals surface area contributed by atoms with Crippen LogP contribution >= 0.6 is 0 Å². The van der Waals surface area contributed by atoms with Crippen molar-refractivity contribution in [2.45, 2.75) is 12.8 Å². The van der Waals surface area contributed by atoms with Crippen LogP contribution in [0.3, 0.4) is 0 Å². The van der Waals surface area contributed by atoms with Crippen molar-refractivity contribution in [1.29, 1.82) is 0 Å². The molecule has 0 spiro atoms. The molecule has 2 rings (SSSR count). The predicted octanol–water partition coefficient (Wildman–Crippen LogP) is 0.960. The summed E-state index contributed by atoms with van der Waals surface area (Å²) >= 11 is 0. The Hall–Kier alpha value is -2.24. The second kappa shape index (κ2) is 6.27. The average molecular weight is 278 g/mol. The Kier molecular flexibility index (Phi) is 4.45. The lowest BCUT2D eigenvalue weighted by atomic mass is 10.1. The van der Waals surface area contributed by atoms with E-state index in [9.17, 15) is 9.59 Å². The summed E-state index contributed by atoms with van der Waals surface area (Å²) < 4.78 is 9.96. The highest BCUT2D eigenvalue weighted by molar-refractivity contribution is 5.97. The number of hydrogen-bond donors (Lipinski definition) is 2. The van der Waals surface area contributed by atoms with Crippen molar-refractivity contribution < 1.29 is 19.1 Å². The summed E-state index contributed by atoms with van der Waals surface area (Å²) in [5.74, 6) is 0.0519. The van der Waals surface area contributed by atoms with E-state index in [1.165, 1.54) is 13.2 Å². The zero-order valence-electron chi connectivity index (χ0n) is 11.3. The largest absolute Gasteiger partial charge is 0.495 e. The highest BCUT2D eigenvalue weighted by Gasteiger charge is 2.22. The van der Waals surface area contributed by atoms with Crippen LogP contribution in [-0.4, -0.2) is 32.1 Å². The molecule has 0 bridgehead atoms. The molecule has 6 nitrogen and oxygen atoms in total. The number of carbonyl (C=O) groups excluding carboxylic acids is 2. The molecule has 0 saturated heterocycles. The van der Waals surface area contributed by atoms with Crippen LogP contribution in [0.4, 0.5) is 5.69 Å². The van der Waals surface area contributed by atoms with E-state index in [0.717, 1.165) is 12.8 Å². The Morgan fingerprint density at radius 2 is 2.15 bits per heavy atom. The summed E-state index contributed by atoms with van der Waals surface area (Å²) in [5.41, 5.74) is 6.18. The lowest BCUT2D eigenvalue weighted by Gasteiger charge is -2.10. The fourth-order valence-corrected chi connectivity index (χ4v) is 1.74. The second-order valence-electron chi connectivity index (χ2n) is 4.75. The van der Waals surface area contributed by atoms with Gasteiger partial charge in [0, 0.05) is 6.54 Å². The number of esters is 1. The number of ether oxygens (including phenoxy) is 2. The molecular formula is C14H18N2O4. The molecule has 0 aromatic heterocycles. The minimum atomic E-state index is -0.636. The maximum absolute atomic E-state index is 11.9. The molecule has 0 heterocycles. The zero-order valence-corrected chi connectivity index (χ0v) is 11.3. The summed E-state index contributed by atoms with van der Waals surface area (Å²) in [6, 6.07) is 4.82. The van der Waals surface area contributed by atoms with Gasteiger partial charge in [0.15, 0.2) is 6.61 Å². The molecule has 1 fully saturated rings. The molecule has 20 heavy (non-hydrogen) atoms. The summed E-state index contributed by atoms with van der Waals surface area (Å²) in [4.78, 5) is 23.3. The van der Waals surface area contributed by atoms with E-state index in [-0.39, 0.29) is 23.8 Å². The Labute approximate surface area is 117 Å². The van der Waals surface area contributed by atoms with Gasteiger partial charge in [-0.05, 0) is 30.9 Å². The van der Waals surface area contributed by atoms with Crippen LogP contribution in [0.5, 0.6) is 5.75 Å². The fraction of sp³-hybridized carbons (Fsp3) is 0.429. The van der Waals surface area contributed by atoms with E-state index < -0.39 is 5.97 Å². The molecule has 1 aliphatic rings. The van der Waals surface area contributed by atoms with E-state index in [4.69, 9.17) is 15.2 Å². The molecule has 0 atom stereocenters. The van der Waals surface area contributed by atoms with Gasteiger partial charge in [-0.3, -0.25) is 4.79 Å². The Bertz CT molecular complexity index is 512. The van der Waals surface area contributed by atoms with Crippen LogP contribution in [0.1, 0.15) is 23.2 Å². The van der Waals surface area contributed by atoms with E-state index >= 15 is 0 Å². The molecule has 1 amide bonds. The van der Waals surface area contributed by atoms with Crippen molar-refractivity contribution in [3.05, 3.63) is 23.8 Å². The van der Waals surface area contributed by atoms with Gasteiger partial charge in [0.1, 0.15) is 5.75 Å². The van der Waals surface area contributed by atoms with Gasteiger partial charge in [-0.25, -0.2) is 4.79 Å². The Morgan fingerprint density at radius 3 is 2.80 bits per heavy atom. The number of carbonyl (C=O) groups is 2. The number of anilines is 1. The number of nitrogen functional groups attached to an aromatic ring is 1. The Morgan fingerprint density at radius 1 is 1.40 bits per heavy atom. The van der Waals surface area contributed by atoms with Crippen molar-refractivity contribution in [2.24, 2.45) is 5.92 Å². The first kappa shape index (κ1) is 14.2. The van der Waals surface area contributed by atoms with E-state index in [2.05, 4.69) is 5.32 Å². The molecule has 3 N–H and O–H groups in total. The quantitative estimate of drug-likeness (QED) is 0.597. The molecule has 0 radical (unpaired) electrons. The van der Waals surface area contributed by atoms with E-state index in [1.807, 2.05) is 0 Å². The number of benzene rings is 1. The van der Waals surface area contributed by atoms with E-state index in [1.54, 1.807) is 12.1 Å². The van der Waals surface area contributed by atoms with Gasteiger partial charge < -0.3 is 20.5 Å².